The first-order valence-electron chi connectivity index (χ1n) is 11.5. The van der Waals surface area contributed by atoms with Crippen molar-refractivity contribution in [2.24, 2.45) is 11.3 Å². The Kier molecular flexibility index (Phi) is 6.44. The molecule has 3 aliphatic heterocycles. The first-order valence-corrected chi connectivity index (χ1v) is 11.5. The molecule has 1 aromatic carbocycles. The molecule has 0 saturated carbocycles. The average molecular weight is 413 g/mol. The van der Waals surface area contributed by atoms with Crippen LogP contribution in [-0.4, -0.2) is 97.9 Å². The summed E-state index contributed by atoms with van der Waals surface area (Å²) >= 11 is 0. The topological polar surface area (TPSA) is 47.1 Å². The fourth-order valence-corrected chi connectivity index (χ4v) is 5.48. The standard InChI is InChI=1S/C24H36N4O2/c1-25(2)14-21-15-27(23(30)20-10-6-5-7-11-20)17-24(21)18-28(19-24)22(29)16-26-12-8-3-4-9-13-26/h5-7,10-11,21H,3-4,8-9,12-19H2,1-2H3. The number of carbonyl (C=O) groups is 2. The molecule has 0 aromatic heterocycles. The number of nitrogens with zero attached hydrogens (tertiary/aromatic N) is 4. The quantitative estimate of drug-likeness (QED) is 0.743. The van der Waals surface area contributed by atoms with Crippen molar-refractivity contribution >= 4 is 11.8 Å². The fourth-order valence-electron chi connectivity index (χ4n) is 5.48. The smallest absolute Gasteiger partial charge is 0.253 e. The second kappa shape index (κ2) is 9.06. The van der Waals surface area contributed by atoms with E-state index in [2.05, 4.69) is 23.9 Å². The molecule has 0 N–H and O–H groups in total. The van der Waals surface area contributed by atoms with Gasteiger partial charge in [-0.05, 0) is 58.1 Å². The summed E-state index contributed by atoms with van der Waals surface area (Å²) in [6.45, 7) is 6.72. The lowest BCUT2D eigenvalue weighted by molar-refractivity contribution is -0.146. The molecule has 6 heteroatoms. The number of benzene rings is 1. The first kappa shape index (κ1) is 21.3. The van der Waals surface area contributed by atoms with Crippen LogP contribution in [0, 0.1) is 11.3 Å². The number of likely N-dealkylation sites (tertiary alicyclic amines) is 3. The van der Waals surface area contributed by atoms with E-state index >= 15 is 0 Å². The van der Waals surface area contributed by atoms with Gasteiger partial charge in [-0.15, -0.1) is 0 Å². The van der Waals surface area contributed by atoms with Crippen LogP contribution in [0.5, 0.6) is 0 Å². The Hall–Kier alpha value is -1.92. The molecule has 3 fully saturated rings. The normalized spacial score (nSPS) is 24.2. The van der Waals surface area contributed by atoms with Gasteiger partial charge in [-0.3, -0.25) is 14.5 Å². The summed E-state index contributed by atoms with van der Waals surface area (Å²) in [5.41, 5.74) is 0.801. The SMILES string of the molecule is CN(C)CC1CN(C(=O)c2ccccc2)CC12CN(C(=O)CN1CCCCCC1)C2. The molecular weight excluding hydrogens is 376 g/mol. The highest BCUT2D eigenvalue weighted by Gasteiger charge is 2.56. The van der Waals surface area contributed by atoms with Crippen molar-refractivity contribution in [3.63, 3.8) is 0 Å². The molecule has 0 aliphatic carbocycles. The van der Waals surface area contributed by atoms with Gasteiger partial charge in [0.25, 0.3) is 5.91 Å². The van der Waals surface area contributed by atoms with Crippen LogP contribution >= 0.6 is 0 Å². The van der Waals surface area contributed by atoms with Crippen LogP contribution in [0.4, 0.5) is 0 Å². The molecule has 1 atom stereocenters. The lowest BCUT2D eigenvalue weighted by Crippen LogP contribution is -2.64. The van der Waals surface area contributed by atoms with Crippen LogP contribution < -0.4 is 0 Å². The molecule has 1 spiro atoms. The Balaban J connectivity index is 1.39. The molecule has 0 radical (unpaired) electrons. The highest BCUT2D eigenvalue weighted by atomic mass is 16.2. The van der Waals surface area contributed by atoms with E-state index in [1.54, 1.807) is 0 Å². The second-order valence-corrected chi connectivity index (χ2v) is 9.81. The van der Waals surface area contributed by atoms with Crippen LogP contribution in [0.3, 0.4) is 0 Å². The van der Waals surface area contributed by atoms with Gasteiger partial charge in [0.05, 0.1) is 6.54 Å². The van der Waals surface area contributed by atoms with E-state index in [9.17, 15) is 9.59 Å². The van der Waals surface area contributed by atoms with E-state index < -0.39 is 0 Å². The second-order valence-electron chi connectivity index (χ2n) is 9.81. The molecule has 2 amide bonds. The van der Waals surface area contributed by atoms with Gasteiger partial charge < -0.3 is 14.7 Å². The fraction of sp³-hybridized carbons (Fsp3) is 0.667. The van der Waals surface area contributed by atoms with Gasteiger partial charge in [0.1, 0.15) is 0 Å². The molecule has 1 aromatic rings. The van der Waals surface area contributed by atoms with E-state index in [1.165, 1.54) is 25.7 Å². The van der Waals surface area contributed by atoms with Crippen molar-refractivity contribution in [1.82, 2.24) is 19.6 Å². The van der Waals surface area contributed by atoms with Crippen LogP contribution in [0.15, 0.2) is 30.3 Å². The number of hydrogen-bond donors (Lipinski definition) is 0. The number of amides is 2. The molecule has 3 heterocycles. The lowest BCUT2D eigenvalue weighted by Gasteiger charge is -2.51. The van der Waals surface area contributed by atoms with Crippen molar-refractivity contribution in [1.29, 1.82) is 0 Å². The number of hydrogen-bond acceptors (Lipinski definition) is 4. The summed E-state index contributed by atoms with van der Waals surface area (Å²) in [6, 6.07) is 9.57. The van der Waals surface area contributed by atoms with E-state index in [0.29, 0.717) is 12.5 Å². The summed E-state index contributed by atoms with van der Waals surface area (Å²) in [6.07, 6.45) is 4.99. The minimum Gasteiger partial charge on any atom is -0.340 e. The van der Waals surface area contributed by atoms with Crippen molar-refractivity contribution in [3.8, 4) is 0 Å². The van der Waals surface area contributed by atoms with Gasteiger partial charge >= 0.3 is 0 Å². The summed E-state index contributed by atoms with van der Waals surface area (Å²) in [4.78, 5) is 34.5. The molecule has 1 unspecified atom stereocenters. The third-order valence-corrected chi connectivity index (χ3v) is 7.13. The summed E-state index contributed by atoms with van der Waals surface area (Å²) < 4.78 is 0. The molecular formula is C24H36N4O2. The average Bonchev–Trinajstić information content (AvgIpc) is 2.88. The van der Waals surface area contributed by atoms with Gasteiger partial charge in [0.15, 0.2) is 0 Å². The molecule has 4 rings (SSSR count). The molecule has 3 saturated heterocycles. The Morgan fingerprint density at radius 3 is 2.23 bits per heavy atom. The van der Waals surface area contributed by atoms with Crippen molar-refractivity contribution < 1.29 is 9.59 Å². The largest absolute Gasteiger partial charge is 0.340 e. The molecule has 3 aliphatic rings. The Labute approximate surface area is 180 Å². The summed E-state index contributed by atoms with van der Waals surface area (Å²) in [5, 5.41) is 0. The van der Waals surface area contributed by atoms with E-state index in [4.69, 9.17) is 0 Å². The molecule has 0 bridgehead atoms. The highest BCUT2D eigenvalue weighted by Crippen LogP contribution is 2.44. The maximum Gasteiger partial charge on any atom is 0.253 e. The maximum absolute atomic E-state index is 13.0. The third-order valence-electron chi connectivity index (χ3n) is 7.13. The molecule has 164 valence electrons. The van der Waals surface area contributed by atoms with Gasteiger partial charge in [-0.1, -0.05) is 31.0 Å². The minimum atomic E-state index is 0.0448. The van der Waals surface area contributed by atoms with E-state index in [1.807, 2.05) is 40.1 Å². The zero-order valence-corrected chi connectivity index (χ0v) is 18.6. The minimum absolute atomic E-state index is 0.0448. The van der Waals surface area contributed by atoms with Crippen molar-refractivity contribution in [3.05, 3.63) is 35.9 Å². The van der Waals surface area contributed by atoms with Crippen LogP contribution in [0.25, 0.3) is 0 Å². The maximum atomic E-state index is 13.0. The monoisotopic (exact) mass is 412 g/mol. The number of carbonyl (C=O) groups excluding carboxylic acids is 2. The van der Waals surface area contributed by atoms with Gasteiger partial charge in [-0.2, -0.15) is 0 Å². The van der Waals surface area contributed by atoms with Crippen molar-refractivity contribution in [2.75, 3.05) is 66.5 Å². The highest BCUT2D eigenvalue weighted by molar-refractivity contribution is 5.94. The first-order chi connectivity index (χ1) is 14.5. The Morgan fingerprint density at radius 1 is 0.967 bits per heavy atom. The summed E-state index contributed by atoms with van der Waals surface area (Å²) in [5.74, 6) is 0.784. The molecule has 6 nitrogen and oxygen atoms in total. The zero-order valence-electron chi connectivity index (χ0n) is 18.6. The third kappa shape index (κ3) is 4.54. The predicted octanol–water partition coefficient (Wildman–Crippen LogP) is 2.02. The van der Waals surface area contributed by atoms with Crippen LogP contribution in [0.2, 0.25) is 0 Å². The zero-order chi connectivity index (χ0) is 21.1. The van der Waals surface area contributed by atoms with Crippen LogP contribution in [-0.2, 0) is 4.79 Å². The van der Waals surface area contributed by atoms with Crippen molar-refractivity contribution in [2.45, 2.75) is 25.7 Å². The van der Waals surface area contributed by atoms with Gasteiger partial charge in [-0.25, -0.2) is 0 Å². The Bertz CT molecular complexity index is 737. The number of rotatable bonds is 5. The lowest BCUT2D eigenvalue weighted by atomic mass is 9.71. The molecule has 30 heavy (non-hydrogen) atoms. The Morgan fingerprint density at radius 2 is 1.60 bits per heavy atom. The predicted molar refractivity (Wildman–Crippen MR) is 118 cm³/mol. The summed E-state index contributed by atoms with van der Waals surface area (Å²) in [7, 11) is 4.19. The van der Waals surface area contributed by atoms with Gasteiger partial charge in [0, 0.05) is 43.7 Å². The van der Waals surface area contributed by atoms with Crippen LogP contribution in [0.1, 0.15) is 36.0 Å². The van der Waals surface area contributed by atoms with E-state index in [0.717, 1.165) is 51.4 Å². The van der Waals surface area contributed by atoms with Gasteiger partial charge in [0.2, 0.25) is 5.91 Å². The van der Waals surface area contributed by atoms with E-state index in [-0.39, 0.29) is 17.2 Å².